The summed E-state index contributed by atoms with van der Waals surface area (Å²) >= 11 is 3.21. The highest BCUT2D eigenvalue weighted by atomic mass is 32.1. The van der Waals surface area contributed by atoms with Gasteiger partial charge in [0.05, 0.1) is 15.6 Å². The van der Waals surface area contributed by atoms with Crippen molar-refractivity contribution in [2.45, 2.75) is 13.8 Å². The van der Waals surface area contributed by atoms with Crippen LogP contribution in [0.1, 0.15) is 10.7 Å². The van der Waals surface area contributed by atoms with Crippen LogP contribution in [0.3, 0.4) is 0 Å². The van der Waals surface area contributed by atoms with Gasteiger partial charge in [-0.15, -0.1) is 11.3 Å². The molecule has 0 saturated heterocycles. The second kappa shape index (κ2) is 2.95. The van der Waals surface area contributed by atoms with Gasteiger partial charge < -0.3 is 0 Å². The van der Waals surface area contributed by atoms with Crippen molar-refractivity contribution >= 4 is 22.9 Å². The highest BCUT2D eigenvalue weighted by Gasteiger charge is 2.06. The molecule has 0 fully saturated rings. The number of thiazole rings is 1. The number of nitrogens with zero attached hydrogens (tertiary/aromatic N) is 2. The van der Waals surface area contributed by atoms with Crippen LogP contribution in [0, 0.1) is 13.8 Å². The van der Waals surface area contributed by atoms with Crippen molar-refractivity contribution in [2.24, 2.45) is 0 Å². The lowest BCUT2D eigenvalue weighted by Crippen LogP contribution is -1.72. The Bertz CT molecular complexity index is 389. The van der Waals surface area contributed by atoms with Gasteiger partial charge in [0, 0.05) is 17.1 Å². The van der Waals surface area contributed by atoms with Gasteiger partial charge in [0.25, 0.3) is 0 Å². The van der Waals surface area contributed by atoms with Gasteiger partial charge >= 0.3 is 0 Å². The maximum absolute atomic E-state index is 4.22. The van der Waals surface area contributed by atoms with Gasteiger partial charge in [-0.05, 0) is 25.4 Å². The molecule has 0 aliphatic carbocycles. The van der Waals surface area contributed by atoms with Gasteiger partial charge in [0.2, 0.25) is 0 Å². The third-order valence-electron chi connectivity index (χ3n) is 1.64. The first kappa shape index (κ1) is 7.89. The number of aromatic nitrogens is 2. The van der Waals surface area contributed by atoms with Crippen molar-refractivity contribution in [3.05, 3.63) is 22.3 Å². The summed E-state index contributed by atoms with van der Waals surface area (Å²) in [6.07, 6.45) is 1.91. The predicted octanol–water partition coefficient (Wildman–Crippen LogP) is 2.88. The van der Waals surface area contributed by atoms with Gasteiger partial charge in [0.1, 0.15) is 0 Å². The van der Waals surface area contributed by atoms with Crippen molar-refractivity contribution < 1.29 is 0 Å². The predicted molar refractivity (Wildman–Crippen MR) is 52.7 cm³/mol. The molecule has 0 bridgehead atoms. The molecule has 0 saturated carbocycles. The molecule has 0 aromatic carbocycles. The van der Waals surface area contributed by atoms with Crippen LogP contribution in [0.5, 0.6) is 0 Å². The fourth-order valence-corrected chi connectivity index (χ4v) is 2.65. The molecular formula is C8H8N2S2. The van der Waals surface area contributed by atoms with Crippen molar-refractivity contribution in [3.8, 4) is 10.4 Å². The highest BCUT2D eigenvalue weighted by Crippen LogP contribution is 2.28. The van der Waals surface area contributed by atoms with E-state index in [1.807, 2.05) is 20.0 Å². The van der Waals surface area contributed by atoms with Crippen molar-refractivity contribution in [1.82, 2.24) is 9.36 Å². The largest absolute Gasteiger partial charge is 0.249 e. The van der Waals surface area contributed by atoms with E-state index < -0.39 is 0 Å². The van der Waals surface area contributed by atoms with Crippen LogP contribution in [0.2, 0.25) is 0 Å². The van der Waals surface area contributed by atoms with E-state index in [2.05, 4.69) is 14.7 Å². The van der Waals surface area contributed by atoms with E-state index in [-0.39, 0.29) is 0 Å². The second-order valence-electron chi connectivity index (χ2n) is 2.56. The first-order chi connectivity index (χ1) is 5.77. The monoisotopic (exact) mass is 196 g/mol. The van der Waals surface area contributed by atoms with Crippen LogP contribution in [0.15, 0.2) is 11.6 Å². The van der Waals surface area contributed by atoms with Crippen LogP contribution in [0.25, 0.3) is 10.4 Å². The third kappa shape index (κ3) is 1.28. The molecule has 0 spiro atoms. The Labute approximate surface area is 79.1 Å². The number of hydrogen-bond acceptors (Lipinski definition) is 4. The lowest BCUT2D eigenvalue weighted by molar-refractivity contribution is 1.29. The molecule has 0 atom stereocenters. The fraction of sp³-hybridized carbons (Fsp3) is 0.250. The summed E-state index contributed by atoms with van der Waals surface area (Å²) in [6, 6.07) is 0. The lowest BCUT2D eigenvalue weighted by Gasteiger charge is -1.89. The Morgan fingerprint density at radius 3 is 2.67 bits per heavy atom. The van der Waals surface area contributed by atoms with E-state index in [1.165, 1.54) is 22.0 Å². The maximum atomic E-state index is 4.22. The second-order valence-corrected chi connectivity index (χ2v) is 4.42. The lowest BCUT2D eigenvalue weighted by atomic mass is 10.2. The summed E-state index contributed by atoms with van der Waals surface area (Å²) in [5, 5.41) is 3.18. The quantitative estimate of drug-likeness (QED) is 0.701. The Hall–Kier alpha value is -0.740. The molecule has 0 unspecified atom stereocenters. The van der Waals surface area contributed by atoms with Crippen molar-refractivity contribution in [2.75, 3.05) is 0 Å². The Morgan fingerprint density at radius 2 is 2.17 bits per heavy atom. The van der Waals surface area contributed by atoms with Crippen LogP contribution < -0.4 is 0 Å². The normalized spacial score (nSPS) is 10.5. The number of aryl methyl sites for hydroxylation is 2. The van der Waals surface area contributed by atoms with Gasteiger partial charge in [0.15, 0.2) is 0 Å². The van der Waals surface area contributed by atoms with Gasteiger partial charge in [-0.25, -0.2) is 4.98 Å². The minimum atomic E-state index is 1.10. The van der Waals surface area contributed by atoms with Crippen molar-refractivity contribution in [1.29, 1.82) is 0 Å². The minimum absolute atomic E-state index is 1.10. The Kier molecular flexibility index (Phi) is 1.94. The van der Waals surface area contributed by atoms with Crippen molar-refractivity contribution in [3.63, 3.8) is 0 Å². The molecule has 62 valence electrons. The standard InChI is InChI=1S/C8H8N2S2/c1-5-7(4-11-10-5)8-3-9-6(2)12-8/h3-4H,1-2H3. The molecule has 4 heteroatoms. The Balaban J connectivity index is 2.50. The summed E-state index contributed by atoms with van der Waals surface area (Å²) in [6.45, 7) is 4.05. The zero-order chi connectivity index (χ0) is 8.55. The zero-order valence-corrected chi connectivity index (χ0v) is 8.50. The highest BCUT2D eigenvalue weighted by molar-refractivity contribution is 7.15. The molecule has 2 aromatic heterocycles. The molecule has 0 aliphatic heterocycles. The van der Waals surface area contributed by atoms with E-state index in [0.29, 0.717) is 0 Å². The minimum Gasteiger partial charge on any atom is -0.249 e. The van der Waals surface area contributed by atoms with Crippen LogP contribution >= 0.6 is 22.9 Å². The first-order valence-electron chi connectivity index (χ1n) is 3.61. The summed E-state index contributed by atoms with van der Waals surface area (Å²) < 4.78 is 4.22. The van der Waals surface area contributed by atoms with Gasteiger partial charge in [-0.2, -0.15) is 4.37 Å². The fourth-order valence-electron chi connectivity index (χ4n) is 1.01. The number of rotatable bonds is 1. The average Bonchev–Trinajstić information content (AvgIpc) is 2.58. The number of hydrogen-bond donors (Lipinski definition) is 0. The molecular weight excluding hydrogens is 188 g/mol. The first-order valence-corrected chi connectivity index (χ1v) is 5.26. The average molecular weight is 196 g/mol. The zero-order valence-electron chi connectivity index (χ0n) is 6.87. The van der Waals surface area contributed by atoms with E-state index >= 15 is 0 Å². The Morgan fingerprint density at radius 1 is 1.33 bits per heavy atom. The molecule has 0 amide bonds. The maximum Gasteiger partial charge on any atom is 0.0900 e. The SMILES string of the molecule is Cc1ncc(-c2csnc2C)s1. The summed E-state index contributed by atoms with van der Waals surface area (Å²) in [5.74, 6) is 0. The molecule has 2 heterocycles. The summed E-state index contributed by atoms with van der Waals surface area (Å²) in [5.41, 5.74) is 2.33. The molecule has 0 radical (unpaired) electrons. The van der Waals surface area contributed by atoms with E-state index in [0.717, 1.165) is 10.7 Å². The third-order valence-corrected chi connectivity index (χ3v) is 3.30. The molecule has 12 heavy (non-hydrogen) atoms. The smallest absolute Gasteiger partial charge is 0.0900 e. The molecule has 2 aromatic rings. The molecule has 0 N–H and O–H groups in total. The van der Waals surface area contributed by atoms with E-state index in [4.69, 9.17) is 0 Å². The molecule has 2 nitrogen and oxygen atoms in total. The van der Waals surface area contributed by atoms with Gasteiger partial charge in [-0.3, -0.25) is 0 Å². The molecule has 2 rings (SSSR count). The van der Waals surface area contributed by atoms with Crippen LogP contribution in [0.4, 0.5) is 0 Å². The van der Waals surface area contributed by atoms with Crippen LogP contribution in [-0.4, -0.2) is 9.36 Å². The topological polar surface area (TPSA) is 25.8 Å². The van der Waals surface area contributed by atoms with E-state index in [9.17, 15) is 0 Å². The molecule has 0 aliphatic rings. The summed E-state index contributed by atoms with van der Waals surface area (Å²) in [4.78, 5) is 5.43. The van der Waals surface area contributed by atoms with E-state index in [1.54, 1.807) is 11.3 Å². The van der Waals surface area contributed by atoms with Crippen LogP contribution in [-0.2, 0) is 0 Å². The summed E-state index contributed by atoms with van der Waals surface area (Å²) in [7, 11) is 0. The van der Waals surface area contributed by atoms with Gasteiger partial charge in [-0.1, -0.05) is 0 Å².